The molecular formula is C12H18N4O. The molecule has 1 atom stereocenters. The Morgan fingerprint density at radius 3 is 3.12 bits per heavy atom. The van der Waals surface area contributed by atoms with Crippen molar-refractivity contribution in [2.75, 3.05) is 25.0 Å². The van der Waals surface area contributed by atoms with Crippen LogP contribution in [0.5, 0.6) is 0 Å². The van der Waals surface area contributed by atoms with E-state index in [4.69, 9.17) is 0 Å². The molecular weight excluding hydrogens is 216 g/mol. The predicted molar refractivity (Wildman–Crippen MR) is 66.0 cm³/mol. The van der Waals surface area contributed by atoms with Gasteiger partial charge >= 0.3 is 0 Å². The number of rotatable bonds is 4. The summed E-state index contributed by atoms with van der Waals surface area (Å²) >= 11 is 0. The van der Waals surface area contributed by atoms with Crippen molar-refractivity contribution >= 4 is 5.82 Å². The predicted octanol–water partition coefficient (Wildman–Crippen LogP) is 0.666. The SMILES string of the molecule is O=c1cc(NCC2CCN(C3CC3)C2)nc[nH]1. The molecule has 0 radical (unpaired) electrons. The molecule has 1 aromatic rings. The van der Waals surface area contributed by atoms with Crippen LogP contribution in [0.1, 0.15) is 19.3 Å². The van der Waals surface area contributed by atoms with Crippen LogP contribution in [0, 0.1) is 5.92 Å². The maximum absolute atomic E-state index is 11.1. The summed E-state index contributed by atoms with van der Waals surface area (Å²) in [5.74, 6) is 1.37. The molecule has 1 saturated heterocycles. The molecule has 2 heterocycles. The number of aromatic amines is 1. The van der Waals surface area contributed by atoms with Crippen molar-refractivity contribution in [3.63, 3.8) is 0 Å². The Kier molecular flexibility index (Phi) is 2.84. The zero-order valence-corrected chi connectivity index (χ0v) is 9.85. The fraction of sp³-hybridized carbons (Fsp3) is 0.667. The summed E-state index contributed by atoms with van der Waals surface area (Å²) in [5.41, 5.74) is -0.103. The summed E-state index contributed by atoms with van der Waals surface area (Å²) in [4.78, 5) is 20.3. The van der Waals surface area contributed by atoms with E-state index in [2.05, 4.69) is 20.2 Å². The second kappa shape index (κ2) is 4.49. The van der Waals surface area contributed by atoms with E-state index in [0.717, 1.165) is 12.6 Å². The van der Waals surface area contributed by atoms with Gasteiger partial charge in [0.25, 0.3) is 5.56 Å². The third kappa shape index (κ3) is 2.66. The summed E-state index contributed by atoms with van der Waals surface area (Å²) in [6.07, 6.45) is 5.47. The highest BCUT2D eigenvalue weighted by Crippen LogP contribution is 2.31. The van der Waals surface area contributed by atoms with Crippen LogP contribution in [0.3, 0.4) is 0 Å². The van der Waals surface area contributed by atoms with Crippen LogP contribution in [-0.4, -0.2) is 40.5 Å². The lowest BCUT2D eigenvalue weighted by atomic mass is 10.1. The van der Waals surface area contributed by atoms with Crippen LogP contribution in [0.4, 0.5) is 5.82 Å². The molecule has 2 aliphatic rings. The third-order valence-corrected chi connectivity index (χ3v) is 3.63. The molecule has 0 aromatic carbocycles. The van der Waals surface area contributed by atoms with Gasteiger partial charge in [-0.05, 0) is 31.7 Å². The van der Waals surface area contributed by atoms with Crippen molar-refractivity contribution in [1.82, 2.24) is 14.9 Å². The van der Waals surface area contributed by atoms with Crippen LogP contribution in [0.25, 0.3) is 0 Å². The minimum absolute atomic E-state index is 0.103. The van der Waals surface area contributed by atoms with E-state index < -0.39 is 0 Å². The summed E-state index contributed by atoms with van der Waals surface area (Å²) in [5, 5.41) is 3.25. The van der Waals surface area contributed by atoms with Crippen molar-refractivity contribution in [3.8, 4) is 0 Å². The Morgan fingerprint density at radius 2 is 2.35 bits per heavy atom. The minimum atomic E-state index is -0.103. The van der Waals surface area contributed by atoms with Gasteiger partial charge in [0.1, 0.15) is 5.82 Å². The van der Waals surface area contributed by atoms with Crippen molar-refractivity contribution in [2.45, 2.75) is 25.3 Å². The number of hydrogen-bond donors (Lipinski definition) is 2. The van der Waals surface area contributed by atoms with Crippen LogP contribution >= 0.6 is 0 Å². The second-order valence-corrected chi connectivity index (χ2v) is 5.06. The van der Waals surface area contributed by atoms with Gasteiger partial charge < -0.3 is 15.2 Å². The van der Waals surface area contributed by atoms with E-state index in [1.165, 1.54) is 44.7 Å². The molecule has 2 fully saturated rings. The first-order chi connectivity index (χ1) is 8.31. The lowest BCUT2D eigenvalue weighted by Gasteiger charge is -2.15. The Labute approximate surface area is 100 Å². The van der Waals surface area contributed by atoms with E-state index in [-0.39, 0.29) is 5.56 Å². The third-order valence-electron chi connectivity index (χ3n) is 3.63. The van der Waals surface area contributed by atoms with Gasteiger partial charge in [-0.25, -0.2) is 4.98 Å². The zero-order valence-electron chi connectivity index (χ0n) is 9.85. The summed E-state index contributed by atoms with van der Waals surface area (Å²) < 4.78 is 0. The van der Waals surface area contributed by atoms with Crippen LogP contribution in [0.15, 0.2) is 17.2 Å². The van der Waals surface area contributed by atoms with E-state index in [9.17, 15) is 4.79 Å². The Morgan fingerprint density at radius 1 is 1.47 bits per heavy atom. The highest BCUT2D eigenvalue weighted by atomic mass is 16.1. The summed E-state index contributed by atoms with van der Waals surface area (Å²) in [7, 11) is 0. The van der Waals surface area contributed by atoms with Crippen LogP contribution in [-0.2, 0) is 0 Å². The highest BCUT2D eigenvalue weighted by molar-refractivity contribution is 5.31. The molecule has 2 N–H and O–H groups in total. The van der Waals surface area contributed by atoms with E-state index in [1.54, 1.807) is 0 Å². The normalized spacial score (nSPS) is 25.1. The first-order valence-electron chi connectivity index (χ1n) is 6.34. The molecule has 1 aliphatic carbocycles. The Hall–Kier alpha value is -1.36. The second-order valence-electron chi connectivity index (χ2n) is 5.06. The molecule has 1 unspecified atom stereocenters. The number of likely N-dealkylation sites (tertiary alicyclic amines) is 1. The fourth-order valence-electron chi connectivity index (χ4n) is 2.51. The molecule has 5 nitrogen and oxygen atoms in total. The minimum Gasteiger partial charge on any atom is -0.370 e. The van der Waals surface area contributed by atoms with Crippen LogP contribution < -0.4 is 10.9 Å². The van der Waals surface area contributed by atoms with Crippen molar-refractivity contribution in [3.05, 3.63) is 22.7 Å². The molecule has 1 saturated carbocycles. The van der Waals surface area contributed by atoms with E-state index in [1.807, 2.05) is 0 Å². The summed E-state index contributed by atoms with van der Waals surface area (Å²) in [6, 6.07) is 2.38. The number of anilines is 1. The average Bonchev–Trinajstić information content (AvgIpc) is 3.07. The van der Waals surface area contributed by atoms with Gasteiger partial charge in [-0.2, -0.15) is 0 Å². The number of nitrogens with zero attached hydrogens (tertiary/aromatic N) is 2. The molecule has 0 amide bonds. The molecule has 5 heteroatoms. The Balaban J connectivity index is 1.49. The quantitative estimate of drug-likeness (QED) is 0.803. The topological polar surface area (TPSA) is 61.0 Å². The molecule has 1 aromatic heterocycles. The first-order valence-corrected chi connectivity index (χ1v) is 6.34. The first kappa shape index (κ1) is 10.8. The standard InChI is InChI=1S/C12H18N4O/c17-12-5-11(14-8-15-12)13-6-9-3-4-16(7-9)10-1-2-10/h5,8-10H,1-4,6-7H2,(H2,13,14,15,17). The molecule has 17 heavy (non-hydrogen) atoms. The number of aromatic nitrogens is 2. The number of hydrogen-bond acceptors (Lipinski definition) is 4. The number of H-pyrrole nitrogens is 1. The monoisotopic (exact) mass is 234 g/mol. The molecule has 0 bridgehead atoms. The zero-order chi connectivity index (χ0) is 11.7. The van der Waals surface area contributed by atoms with Gasteiger partial charge in [-0.1, -0.05) is 0 Å². The molecule has 1 aliphatic heterocycles. The van der Waals surface area contributed by atoms with Crippen LogP contribution in [0.2, 0.25) is 0 Å². The van der Waals surface area contributed by atoms with Crippen molar-refractivity contribution < 1.29 is 0 Å². The van der Waals surface area contributed by atoms with E-state index >= 15 is 0 Å². The van der Waals surface area contributed by atoms with E-state index in [0.29, 0.717) is 11.7 Å². The van der Waals surface area contributed by atoms with Gasteiger partial charge in [0, 0.05) is 25.2 Å². The van der Waals surface area contributed by atoms with Gasteiger partial charge in [0.2, 0.25) is 0 Å². The van der Waals surface area contributed by atoms with Gasteiger partial charge in [-0.15, -0.1) is 0 Å². The maximum Gasteiger partial charge on any atom is 0.252 e. The van der Waals surface area contributed by atoms with Gasteiger partial charge in [-0.3, -0.25) is 4.79 Å². The largest absolute Gasteiger partial charge is 0.370 e. The fourth-order valence-corrected chi connectivity index (χ4v) is 2.51. The lowest BCUT2D eigenvalue weighted by molar-refractivity contribution is 0.316. The highest BCUT2D eigenvalue weighted by Gasteiger charge is 2.34. The molecule has 92 valence electrons. The lowest BCUT2D eigenvalue weighted by Crippen LogP contribution is -2.25. The van der Waals surface area contributed by atoms with Gasteiger partial charge in [0.15, 0.2) is 0 Å². The van der Waals surface area contributed by atoms with Crippen molar-refractivity contribution in [1.29, 1.82) is 0 Å². The van der Waals surface area contributed by atoms with Crippen molar-refractivity contribution in [2.24, 2.45) is 5.92 Å². The molecule has 3 rings (SSSR count). The maximum atomic E-state index is 11.1. The average molecular weight is 234 g/mol. The molecule has 0 spiro atoms. The Bertz CT molecular complexity index is 440. The number of nitrogens with one attached hydrogen (secondary N) is 2. The smallest absolute Gasteiger partial charge is 0.252 e. The summed E-state index contributed by atoms with van der Waals surface area (Å²) in [6.45, 7) is 3.35. The van der Waals surface area contributed by atoms with Gasteiger partial charge in [0.05, 0.1) is 6.33 Å².